The second kappa shape index (κ2) is 12.2. The van der Waals surface area contributed by atoms with Gasteiger partial charge >= 0.3 is 5.66 Å². The monoisotopic (exact) mass is 887 g/mol. The van der Waals surface area contributed by atoms with Crippen LogP contribution in [0, 0.1) is 0 Å². The van der Waals surface area contributed by atoms with E-state index >= 15 is 0 Å². The van der Waals surface area contributed by atoms with Gasteiger partial charge in [-0.15, -0.1) is 0 Å². The molecule has 0 radical (unpaired) electrons. The topological polar surface area (TPSA) is 22.5 Å². The van der Waals surface area contributed by atoms with Crippen LogP contribution in [0.25, 0.3) is 139 Å². The highest BCUT2D eigenvalue weighted by Gasteiger charge is 2.68. The Morgan fingerprint density at radius 2 is 0.657 bits per heavy atom. The summed E-state index contributed by atoms with van der Waals surface area (Å²) >= 11 is 0. The predicted molar refractivity (Wildman–Crippen MR) is 282 cm³/mol. The van der Waals surface area contributed by atoms with E-state index in [0.717, 1.165) is 11.6 Å². The molecule has 0 saturated heterocycles. The summed E-state index contributed by atoms with van der Waals surface area (Å²) in [6, 6.07) is 84.3. The largest absolute Gasteiger partial charge is 0.319 e. The molecule has 0 saturated carbocycles. The lowest BCUT2D eigenvalue weighted by Gasteiger charge is -2.39. The van der Waals surface area contributed by atoms with Crippen LogP contribution in [0.15, 0.2) is 224 Å². The van der Waals surface area contributed by atoms with Gasteiger partial charge in [0, 0.05) is 44.5 Å². The molecule has 0 N–H and O–H groups in total. The molecule has 9 aromatic carbocycles. The van der Waals surface area contributed by atoms with E-state index in [-0.39, 0.29) is 0 Å². The van der Waals surface area contributed by atoms with Crippen molar-refractivity contribution in [2.24, 2.45) is 0 Å². The highest BCUT2D eigenvalue weighted by atomic mass is 15.4. The van der Waals surface area contributed by atoms with Gasteiger partial charge in [-0.05, 0) is 105 Å². The van der Waals surface area contributed by atoms with Gasteiger partial charge in [0.2, 0.25) is 0 Å². The number of para-hydroxylation sites is 3. The molecule has 5 heteroatoms. The van der Waals surface area contributed by atoms with Crippen molar-refractivity contribution in [3.63, 3.8) is 0 Å². The Kier molecular flexibility index (Phi) is 6.25. The maximum absolute atomic E-state index is 2.75. The molecule has 320 valence electrons. The van der Waals surface area contributed by atoms with Crippen molar-refractivity contribution in [3.05, 3.63) is 236 Å². The number of hydrogen-bond donors (Lipinski definition) is 0. The lowest BCUT2D eigenvalue weighted by molar-refractivity contribution is -0.933. The maximum Gasteiger partial charge on any atom is 0.319 e. The number of fused-ring (bicyclic) bond motifs is 13. The standard InChI is InChI=1S/C65H37N5/c1-3-13-38(14-4-1)40-23-27-42(28-24-40)44-33-56-57-34-45(43-29-25-41(26-30-43)39-15-5-2-6-16-39)36-59-68-54-22-12-9-19-48(54)51-37-50-47-18-8-10-20-52(47)66-55-32-31-49-46-17-7-11-21-53(46)67-58(35-44)69(56)65(70(57)59,60(55)62(49)67)61(63(50)66)64(51)68/h1-37H/q+2. The SMILES string of the molecule is c1ccc(-c2ccc(-c3cc4[n+]5c(c3)-n3c6ccccc6c6ccc7c(c63)C53c5c6c(cc8c9ccccc9n(c58)-c5cc(-c8ccc(-c9ccccc9)cc8)cc-4[n+]53)c3ccccc3n6-7)cc2)cc1. The molecule has 5 nitrogen and oxygen atoms in total. The summed E-state index contributed by atoms with van der Waals surface area (Å²) in [5.74, 6) is 2.33. The Hall–Kier alpha value is -9.32. The number of pyridine rings is 2. The van der Waals surface area contributed by atoms with Crippen LogP contribution in [0.2, 0.25) is 0 Å². The third kappa shape index (κ3) is 4.01. The number of benzene rings is 9. The van der Waals surface area contributed by atoms with Crippen LogP contribution in [-0.2, 0) is 5.66 Å². The first kappa shape index (κ1) is 35.8. The summed E-state index contributed by atoms with van der Waals surface area (Å²) in [6.45, 7) is 0. The molecule has 1 atom stereocenters. The van der Waals surface area contributed by atoms with Crippen molar-refractivity contribution < 1.29 is 9.13 Å². The number of hydrogen-bond acceptors (Lipinski definition) is 0. The van der Waals surface area contributed by atoms with Gasteiger partial charge in [-0.2, -0.15) is 18.3 Å². The Morgan fingerprint density at radius 3 is 1.16 bits per heavy atom. The summed E-state index contributed by atoms with van der Waals surface area (Å²) in [5.41, 5.74) is 22.6. The Labute approximate surface area is 400 Å². The van der Waals surface area contributed by atoms with Gasteiger partial charge in [0.1, 0.15) is 22.2 Å². The van der Waals surface area contributed by atoms with Gasteiger partial charge in [-0.3, -0.25) is 0 Å². The van der Waals surface area contributed by atoms with Gasteiger partial charge < -0.3 is 4.57 Å². The number of aromatic nitrogens is 5. The fraction of sp³-hybridized carbons (Fsp3) is 0.0154. The van der Waals surface area contributed by atoms with E-state index in [1.165, 1.54) is 138 Å². The summed E-state index contributed by atoms with van der Waals surface area (Å²) < 4.78 is 13.3. The molecule has 0 bridgehead atoms. The molecule has 4 aliphatic heterocycles. The molecule has 14 aromatic rings. The van der Waals surface area contributed by atoms with Crippen LogP contribution in [0.4, 0.5) is 0 Å². The van der Waals surface area contributed by atoms with Crippen LogP contribution < -0.4 is 9.13 Å². The molecule has 0 fully saturated rings. The van der Waals surface area contributed by atoms with Crippen LogP contribution in [0.3, 0.4) is 0 Å². The molecular formula is C65H37N5+2. The lowest BCUT2D eigenvalue weighted by atomic mass is 9.80. The average molecular weight is 888 g/mol. The third-order valence-electron chi connectivity index (χ3n) is 16.5. The summed E-state index contributed by atoms with van der Waals surface area (Å²) in [5, 5.41) is 7.66. The van der Waals surface area contributed by atoms with E-state index in [4.69, 9.17) is 0 Å². The number of nitrogens with zero attached hydrogens (tertiary/aromatic N) is 5. The van der Waals surface area contributed by atoms with Gasteiger partial charge in [-0.25, -0.2) is 0 Å². The molecule has 1 unspecified atom stereocenters. The lowest BCUT2D eigenvalue weighted by Crippen LogP contribution is -2.76. The molecule has 5 aromatic heterocycles. The Morgan fingerprint density at radius 1 is 0.271 bits per heavy atom. The zero-order valence-corrected chi connectivity index (χ0v) is 37.6. The van der Waals surface area contributed by atoms with E-state index < -0.39 is 5.66 Å². The zero-order valence-electron chi connectivity index (χ0n) is 37.6. The van der Waals surface area contributed by atoms with Gasteiger partial charge in [0.25, 0.3) is 11.6 Å². The van der Waals surface area contributed by atoms with E-state index in [2.05, 4.69) is 247 Å². The average Bonchev–Trinajstić information content (AvgIpc) is 4.15. The fourth-order valence-electron chi connectivity index (χ4n) is 13.7. The molecule has 0 amide bonds. The van der Waals surface area contributed by atoms with Crippen LogP contribution in [0.1, 0.15) is 11.1 Å². The molecule has 4 aliphatic rings. The highest BCUT2D eigenvalue weighted by Crippen LogP contribution is 2.58. The second-order valence-electron chi connectivity index (χ2n) is 19.7. The third-order valence-corrected chi connectivity index (χ3v) is 16.5. The van der Waals surface area contributed by atoms with Crippen LogP contribution in [0.5, 0.6) is 0 Å². The maximum atomic E-state index is 2.75. The first-order chi connectivity index (χ1) is 34.7. The zero-order chi connectivity index (χ0) is 45.1. The molecule has 0 aliphatic carbocycles. The van der Waals surface area contributed by atoms with Crippen molar-refractivity contribution in [3.8, 4) is 73.2 Å². The van der Waals surface area contributed by atoms with E-state index in [1.807, 2.05) is 0 Å². The van der Waals surface area contributed by atoms with Crippen LogP contribution >= 0.6 is 0 Å². The fourth-order valence-corrected chi connectivity index (χ4v) is 13.7. The summed E-state index contributed by atoms with van der Waals surface area (Å²) in [7, 11) is 0. The molecule has 1 spiro atoms. The van der Waals surface area contributed by atoms with Gasteiger partial charge in [0.05, 0.1) is 16.7 Å². The normalized spacial score (nSPS) is 15.2. The number of rotatable bonds is 4. The van der Waals surface area contributed by atoms with Crippen molar-refractivity contribution in [2.45, 2.75) is 5.66 Å². The van der Waals surface area contributed by atoms with Gasteiger partial charge in [-0.1, -0.05) is 152 Å². The Balaban J connectivity index is 1.05. The second-order valence-corrected chi connectivity index (χ2v) is 19.7. The first-order valence-electron chi connectivity index (χ1n) is 24.3. The van der Waals surface area contributed by atoms with E-state index in [9.17, 15) is 0 Å². The van der Waals surface area contributed by atoms with E-state index in [0.29, 0.717) is 0 Å². The van der Waals surface area contributed by atoms with E-state index in [1.54, 1.807) is 0 Å². The quantitative estimate of drug-likeness (QED) is 0.157. The molecule has 18 rings (SSSR count). The minimum atomic E-state index is -0.771. The Bertz CT molecular complexity index is 4710. The van der Waals surface area contributed by atoms with Crippen molar-refractivity contribution >= 4 is 65.4 Å². The molecular weight excluding hydrogens is 851 g/mol. The minimum Gasteiger partial charge on any atom is -0.308 e. The predicted octanol–water partition coefficient (Wildman–Crippen LogP) is 14.4. The van der Waals surface area contributed by atoms with Crippen molar-refractivity contribution in [1.82, 2.24) is 13.7 Å². The van der Waals surface area contributed by atoms with Crippen molar-refractivity contribution in [1.29, 1.82) is 0 Å². The molecule has 9 heterocycles. The minimum absolute atomic E-state index is 0.771. The summed E-state index contributed by atoms with van der Waals surface area (Å²) in [6.07, 6.45) is 0. The first-order valence-corrected chi connectivity index (χ1v) is 24.3. The molecule has 70 heavy (non-hydrogen) atoms. The summed E-state index contributed by atoms with van der Waals surface area (Å²) in [4.78, 5) is 0. The van der Waals surface area contributed by atoms with Crippen molar-refractivity contribution in [2.75, 3.05) is 0 Å². The van der Waals surface area contributed by atoms with Gasteiger partial charge in [0.15, 0.2) is 22.4 Å². The smallest absolute Gasteiger partial charge is 0.308 e. The highest BCUT2D eigenvalue weighted by molar-refractivity contribution is 6.23. The van der Waals surface area contributed by atoms with Crippen LogP contribution in [-0.4, -0.2) is 13.7 Å².